The smallest absolute Gasteiger partial charge is 0.360 e. The minimum atomic E-state index is -4.60. The zero-order chi connectivity index (χ0) is 23.5. The highest BCUT2D eigenvalue weighted by atomic mass is 19.4. The van der Waals surface area contributed by atoms with E-state index in [4.69, 9.17) is 4.74 Å². The molecule has 0 spiro atoms. The number of aromatic nitrogens is 5. The maximum Gasteiger partial charge on any atom is 0.416 e. The second kappa shape index (κ2) is 7.58. The van der Waals surface area contributed by atoms with Gasteiger partial charge in [-0.05, 0) is 37.3 Å². The zero-order valence-electron chi connectivity index (χ0n) is 16.9. The molecule has 1 unspecified atom stereocenters. The number of fused-ring (bicyclic) bond motifs is 2. The van der Waals surface area contributed by atoms with E-state index in [0.717, 1.165) is 0 Å². The van der Waals surface area contributed by atoms with Crippen LogP contribution in [-0.4, -0.2) is 37.2 Å². The molecule has 1 aliphatic heterocycles. The number of pyridine rings is 1. The summed E-state index contributed by atoms with van der Waals surface area (Å²) in [4.78, 5) is 3.91. The normalized spacial score (nSPS) is 16.5. The summed E-state index contributed by atoms with van der Waals surface area (Å²) >= 11 is 0. The molecule has 0 aliphatic carbocycles. The number of aromatic amines is 1. The van der Waals surface area contributed by atoms with Gasteiger partial charge >= 0.3 is 6.18 Å². The number of hydrogen-bond donors (Lipinski definition) is 1. The molecule has 0 radical (unpaired) electrons. The van der Waals surface area contributed by atoms with Gasteiger partial charge in [0.15, 0.2) is 11.8 Å². The van der Waals surface area contributed by atoms with E-state index < -0.39 is 43.4 Å². The number of alkyl halides is 5. The van der Waals surface area contributed by atoms with Crippen LogP contribution in [0.1, 0.15) is 23.5 Å². The van der Waals surface area contributed by atoms with E-state index in [2.05, 4.69) is 20.3 Å². The molecule has 1 N–H and O–H groups in total. The summed E-state index contributed by atoms with van der Waals surface area (Å²) in [6.45, 7) is 0.599. The molecule has 5 rings (SSSR count). The second-order valence-electron chi connectivity index (χ2n) is 7.63. The van der Waals surface area contributed by atoms with Crippen molar-refractivity contribution < 1.29 is 31.1 Å². The third kappa shape index (κ3) is 3.63. The number of halogens is 6. The molecule has 0 saturated carbocycles. The van der Waals surface area contributed by atoms with Crippen LogP contribution in [0.2, 0.25) is 0 Å². The number of benzene rings is 1. The molecule has 4 aromatic rings. The van der Waals surface area contributed by atoms with E-state index in [1.165, 1.54) is 35.0 Å². The number of hydrogen-bond acceptors (Lipinski definition) is 4. The lowest BCUT2D eigenvalue weighted by Crippen LogP contribution is -2.39. The van der Waals surface area contributed by atoms with Crippen LogP contribution in [0.4, 0.5) is 26.3 Å². The average molecular weight is 467 g/mol. The second-order valence-corrected chi connectivity index (χ2v) is 7.63. The lowest BCUT2D eigenvalue weighted by molar-refractivity contribution is -0.234. The van der Waals surface area contributed by atoms with Crippen molar-refractivity contribution in [2.24, 2.45) is 0 Å². The Morgan fingerprint density at radius 2 is 1.91 bits per heavy atom. The molecule has 0 fully saturated rings. The van der Waals surface area contributed by atoms with Gasteiger partial charge in [-0.15, -0.1) is 0 Å². The van der Waals surface area contributed by atoms with Crippen molar-refractivity contribution in [3.8, 4) is 22.4 Å². The molecule has 172 valence electrons. The maximum absolute atomic E-state index is 13.6. The third-order valence-electron chi connectivity index (χ3n) is 5.52. The van der Waals surface area contributed by atoms with Crippen molar-refractivity contribution in [1.29, 1.82) is 0 Å². The summed E-state index contributed by atoms with van der Waals surface area (Å²) in [5.41, 5.74) is 1.51. The van der Waals surface area contributed by atoms with Gasteiger partial charge in [0.05, 0.1) is 24.5 Å². The van der Waals surface area contributed by atoms with Gasteiger partial charge in [-0.25, -0.2) is 18.2 Å². The highest BCUT2D eigenvalue weighted by Crippen LogP contribution is 2.42. The molecular formula is C21H15F6N5O. The van der Waals surface area contributed by atoms with Crippen molar-refractivity contribution in [2.45, 2.75) is 38.8 Å². The average Bonchev–Trinajstić information content (AvgIpc) is 3.33. The summed E-state index contributed by atoms with van der Waals surface area (Å²) < 4.78 is 86.8. The SMILES string of the molecule is Cc1n[nH]c2nc(C(F)F)cc(-c3c(-c4ccc(F)cc4)nn4c3COC(C(F)(F)F)C4)c12. The largest absolute Gasteiger partial charge is 0.416 e. The molecule has 33 heavy (non-hydrogen) atoms. The van der Waals surface area contributed by atoms with Gasteiger partial charge < -0.3 is 4.74 Å². The highest BCUT2D eigenvalue weighted by molar-refractivity contribution is 5.99. The van der Waals surface area contributed by atoms with Gasteiger partial charge in [-0.2, -0.15) is 23.4 Å². The first-order chi connectivity index (χ1) is 15.6. The van der Waals surface area contributed by atoms with Gasteiger partial charge in [0.25, 0.3) is 6.43 Å². The molecule has 4 heterocycles. The lowest BCUT2D eigenvalue weighted by atomic mass is 9.95. The number of ether oxygens (including phenoxy) is 1. The predicted molar refractivity (Wildman–Crippen MR) is 105 cm³/mol. The Morgan fingerprint density at radius 3 is 2.58 bits per heavy atom. The molecule has 1 aromatic carbocycles. The fourth-order valence-electron chi connectivity index (χ4n) is 3.99. The van der Waals surface area contributed by atoms with Crippen molar-refractivity contribution in [3.05, 3.63) is 53.2 Å². The highest BCUT2D eigenvalue weighted by Gasteiger charge is 2.44. The summed E-state index contributed by atoms with van der Waals surface area (Å²) in [7, 11) is 0. The first kappa shape index (κ1) is 21.4. The van der Waals surface area contributed by atoms with Crippen LogP contribution in [0.25, 0.3) is 33.4 Å². The van der Waals surface area contributed by atoms with Gasteiger partial charge in [-0.1, -0.05) is 0 Å². The zero-order valence-corrected chi connectivity index (χ0v) is 16.9. The molecular weight excluding hydrogens is 452 g/mol. The number of nitrogens with one attached hydrogen (secondary N) is 1. The Morgan fingerprint density at radius 1 is 1.18 bits per heavy atom. The van der Waals surface area contributed by atoms with Gasteiger partial charge in [0, 0.05) is 22.1 Å². The van der Waals surface area contributed by atoms with Crippen LogP contribution in [0.15, 0.2) is 30.3 Å². The summed E-state index contributed by atoms with van der Waals surface area (Å²) in [5.74, 6) is -0.512. The van der Waals surface area contributed by atoms with E-state index in [1.807, 2.05) is 0 Å². The summed E-state index contributed by atoms with van der Waals surface area (Å²) in [6.07, 6.45) is -9.57. The van der Waals surface area contributed by atoms with Crippen LogP contribution < -0.4 is 0 Å². The van der Waals surface area contributed by atoms with E-state index >= 15 is 0 Å². The molecule has 3 aromatic heterocycles. The first-order valence-electron chi connectivity index (χ1n) is 9.81. The molecule has 1 aliphatic rings. The lowest BCUT2D eigenvalue weighted by Gasteiger charge is -2.26. The number of H-pyrrole nitrogens is 1. The Bertz CT molecular complexity index is 1340. The number of aryl methyl sites for hydroxylation is 1. The molecule has 0 saturated heterocycles. The van der Waals surface area contributed by atoms with E-state index in [0.29, 0.717) is 22.2 Å². The summed E-state index contributed by atoms with van der Waals surface area (Å²) in [6, 6.07) is 6.38. The molecule has 12 heteroatoms. The molecule has 0 amide bonds. The topological polar surface area (TPSA) is 68.6 Å². The Hall–Kier alpha value is -3.41. The Labute approximate surface area is 182 Å². The van der Waals surface area contributed by atoms with Crippen LogP contribution in [0.3, 0.4) is 0 Å². The fourth-order valence-corrected chi connectivity index (χ4v) is 3.99. The van der Waals surface area contributed by atoms with E-state index in [9.17, 15) is 26.3 Å². The molecule has 6 nitrogen and oxygen atoms in total. The number of rotatable bonds is 3. The van der Waals surface area contributed by atoms with Crippen LogP contribution in [-0.2, 0) is 17.9 Å². The minimum Gasteiger partial charge on any atom is -0.360 e. The minimum absolute atomic E-state index is 0.107. The van der Waals surface area contributed by atoms with Crippen LogP contribution in [0, 0.1) is 12.7 Å². The monoisotopic (exact) mass is 467 g/mol. The number of nitrogens with zero attached hydrogens (tertiary/aromatic N) is 4. The quantitative estimate of drug-likeness (QED) is 0.414. The van der Waals surface area contributed by atoms with E-state index in [1.54, 1.807) is 6.92 Å². The van der Waals surface area contributed by atoms with Crippen molar-refractivity contribution >= 4 is 11.0 Å². The van der Waals surface area contributed by atoms with Crippen molar-refractivity contribution in [2.75, 3.05) is 0 Å². The standard InChI is InChI=1S/C21H15F6N5O/c1-9-16-12(6-13(19(23)24)28-20(16)30-29-9)17-14-8-33-15(21(25,26)27)7-32(14)31-18(17)10-2-4-11(22)5-3-10/h2-6,15,19H,7-8H2,1H3,(H,28,29,30). The van der Waals surface area contributed by atoms with Crippen molar-refractivity contribution in [1.82, 2.24) is 25.0 Å². The summed E-state index contributed by atoms with van der Waals surface area (Å²) in [5, 5.41) is 11.4. The maximum atomic E-state index is 13.6. The predicted octanol–water partition coefficient (Wildman–Crippen LogP) is 5.33. The Kier molecular flexibility index (Phi) is 4.92. The Balaban J connectivity index is 1.80. The van der Waals surface area contributed by atoms with Gasteiger partial charge in [0.1, 0.15) is 17.2 Å². The van der Waals surface area contributed by atoms with Gasteiger partial charge in [-0.3, -0.25) is 9.78 Å². The fraction of sp³-hybridized carbons (Fsp3) is 0.286. The van der Waals surface area contributed by atoms with Crippen LogP contribution in [0.5, 0.6) is 0 Å². The molecule has 0 bridgehead atoms. The molecule has 1 atom stereocenters. The van der Waals surface area contributed by atoms with Crippen molar-refractivity contribution in [3.63, 3.8) is 0 Å². The van der Waals surface area contributed by atoms with E-state index in [-0.39, 0.29) is 22.6 Å². The first-order valence-corrected chi connectivity index (χ1v) is 9.81. The van der Waals surface area contributed by atoms with Crippen LogP contribution >= 0.6 is 0 Å². The van der Waals surface area contributed by atoms with Gasteiger partial charge in [0.2, 0.25) is 0 Å². The third-order valence-corrected chi connectivity index (χ3v) is 5.52.